The Morgan fingerprint density at radius 2 is 2.00 bits per heavy atom. The Kier molecular flexibility index (Phi) is 5.54. The van der Waals surface area contributed by atoms with Crippen LogP contribution in [0.5, 0.6) is 0 Å². The van der Waals surface area contributed by atoms with E-state index < -0.39 is 32.4 Å². The molecule has 8 heteroatoms. The molecule has 0 saturated carbocycles. The average Bonchev–Trinajstić information content (AvgIpc) is 2.02. The smallest absolute Gasteiger partial charge is 0.768 e. The molecule has 0 saturated heterocycles. The summed E-state index contributed by atoms with van der Waals surface area (Å²) in [5.41, 5.74) is -0.327. The van der Waals surface area contributed by atoms with Crippen LogP contribution < -0.4 is 29.6 Å². The summed E-state index contributed by atoms with van der Waals surface area (Å²) < 4.78 is 33.8. The molecule has 0 aliphatic rings. The third-order valence-electron chi connectivity index (χ3n) is 1.63. The molecule has 0 aromatic heterocycles. The molecule has 1 aromatic rings. The molecule has 0 heterocycles. The molecule has 1 unspecified atom stereocenters. The molecule has 0 aliphatic heterocycles. The zero-order valence-corrected chi connectivity index (χ0v) is 10.8. The van der Waals surface area contributed by atoms with Crippen LogP contribution in [0, 0.1) is 22.9 Å². The maximum atomic E-state index is 12.9. The van der Waals surface area contributed by atoms with Gasteiger partial charge in [0.1, 0.15) is 5.82 Å². The molecule has 15 heavy (non-hydrogen) atoms. The van der Waals surface area contributed by atoms with E-state index in [2.05, 4.69) is 0 Å². The van der Waals surface area contributed by atoms with Crippen LogP contribution in [0.25, 0.3) is 0 Å². The van der Waals surface area contributed by atoms with Crippen molar-refractivity contribution in [3.05, 3.63) is 33.6 Å². The third-order valence-corrected chi connectivity index (χ3v) is 2.30. The average molecular weight is 241 g/mol. The molecule has 5 nitrogen and oxygen atoms in total. The number of benzene rings is 1. The van der Waals surface area contributed by atoms with Gasteiger partial charge in [0.25, 0.3) is 5.69 Å². The predicted octanol–water partition coefficient (Wildman–Crippen LogP) is -1.72. The van der Waals surface area contributed by atoms with E-state index in [1.807, 2.05) is 0 Å². The summed E-state index contributed by atoms with van der Waals surface area (Å²) in [5.74, 6) is -0.985. The molecule has 1 aromatic carbocycles. The van der Waals surface area contributed by atoms with E-state index in [1.165, 1.54) is 6.92 Å². The number of hydrogen-bond donors (Lipinski definition) is 0. The maximum Gasteiger partial charge on any atom is 1.00 e. The van der Waals surface area contributed by atoms with Gasteiger partial charge < -0.3 is 4.55 Å². The number of nitro benzene ring substituents is 1. The molecule has 0 spiro atoms. The summed E-state index contributed by atoms with van der Waals surface area (Å²) in [7, 11) is 0. The van der Waals surface area contributed by atoms with Crippen molar-refractivity contribution in [3.63, 3.8) is 0 Å². The number of rotatable bonds is 2. The van der Waals surface area contributed by atoms with Crippen molar-refractivity contribution in [2.24, 2.45) is 0 Å². The van der Waals surface area contributed by atoms with E-state index in [9.17, 15) is 23.3 Å². The molecule has 1 rings (SSSR count). The van der Waals surface area contributed by atoms with E-state index in [0.29, 0.717) is 6.07 Å². The van der Waals surface area contributed by atoms with Crippen molar-refractivity contribution in [1.29, 1.82) is 0 Å². The maximum absolute atomic E-state index is 12.9. The molecular formula is C7H5FNNaO4S. The summed E-state index contributed by atoms with van der Waals surface area (Å²) in [6.07, 6.45) is 0. The summed E-state index contributed by atoms with van der Waals surface area (Å²) in [6, 6.07) is 1.52. The van der Waals surface area contributed by atoms with Gasteiger partial charge in [0.05, 0.1) is 9.82 Å². The second-order valence-corrected chi connectivity index (χ2v) is 3.47. The van der Waals surface area contributed by atoms with Crippen molar-refractivity contribution < 1.29 is 47.6 Å². The van der Waals surface area contributed by atoms with E-state index in [0.717, 1.165) is 6.07 Å². The number of nitro groups is 1. The number of hydrogen-bond acceptors (Lipinski definition) is 4. The van der Waals surface area contributed by atoms with Crippen LogP contribution in [0.15, 0.2) is 17.0 Å². The Hall–Kier alpha value is -0.340. The quantitative estimate of drug-likeness (QED) is 0.267. The first-order chi connectivity index (χ1) is 6.43. The zero-order chi connectivity index (χ0) is 10.9. The van der Waals surface area contributed by atoms with Gasteiger partial charge in [-0.25, -0.2) is 4.39 Å². The molecular weight excluding hydrogens is 236 g/mol. The van der Waals surface area contributed by atoms with Crippen molar-refractivity contribution in [2.75, 3.05) is 0 Å². The van der Waals surface area contributed by atoms with Crippen LogP contribution >= 0.6 is 0 Å². The molecule has 1 atom stereocenters. The fourth-order valence-corrected chi connectivity index (χ4v) is 1.39. The van der Waals surface area contributed by atoms with E-state index in [1.54, 1.807) is 0 Å². The predicted molar refractivity (Wildman–Crippen MR) is 45.0 cm³/mol. The molecule has 0 amide bonds. The van der Waals surface area contributed by atoms with Crippen molar-refractivity contribution in [3.8, 4) is 0 Å². The van der Waals surface area contributed by atoms with Gasteiger partial charge in [-0.05, 0) is 24.1 Å². The molecule has 0 fully saturated rings. The van der Waals surface area contributed by atoms with Crippen molar-refractivity contribution in [2.45, 2.75) is 11.8 Å². The van der Waals surface area contributed by atoms with Crippen LogP contribution in [-0.4, -0.2) is 13.7 Å². The van der Waals surface area contributed by atoms with E-state index in [4.69, 9.17) is 0 Å². The minimum Gasteiger partial charge on any atom is -0.768 e. The van der Waals surface area contributed by atoms with Crippen LogP contribution in [0.4, 0.5) is 10.1 Å². The summed E-state index contributed by atoms with van der Waals surface area (Å²) in [4.78, 5) is 8.94. The van der Waals surface area contributed by atoms with Crippen LogP contribution in [0.1, 0.15) is 5.56 Å². The molecule has 0 N–H and O–H groups in total. The molecule has 0 bridgehead atoms. The van der Waals surface area contributed by atoms with Crippen LogP contribution in [0.2, 0.25) is 0 Å². The normalized spacial score (nSPS) is 11.7. The summed E-state index contributed by atoms with van der Waals surface area (Å²) >= 11 is -2.81. The molecule has 0 aliphatic carbocycles. The number of nitrogens with zero attached hydrogens (tertiary/aromatic N) is 1. The second kappa shape index (κ2) is 5.66. The van der Waals surface area contributed by atoms with Gasteiger partial charge in [0.2, 0.25) is 0 Å². The van der Waals surface area contributed by atoms with E-state index in [-0.39, 0.29) is 35.1 Å². The summed E-state index contributed by atoms with van der Waals surface area (Å²) in [6.45, 7) is 1.33. The topological polar surface area (TPSA) is 83.3 Å². The largest absolute Gasteiger partial charge is 1.00 e. The van der Waals surface area contributed by atoms with Gasteiger partial charge in [-0.3, -0.25) is 14.3 Å². The molecule has 76 valence electrons. The first-order valence-electron chi connectivity index (χ1n) is 3.47. The van der Waals surface area contributed by atoms with Gasteiger partial charge in [-0.1, -0.05) is 0 Å². The van der Waals surface area contributed by atoms with E-state index >= 15 is 0 Å². The van der Waals surface area contributed by atoms with Crippen LogP contribution in [0.3, 0.4) is 0 Å². The Bertz CT molecular complexity index is 390. The first kappa shape index (κ1) is 14.7. The Labute approximate surface area is 109 Å². The first-order valence-corrected chi connectivity index (χ1v) is 4.54. The fraction of sp³-hybridized carbons (Fsp3) is 0.143. The molecule has 0 radical (unpaired) electrons. The van der Waals surface area contributed by atoms with Gasteiger partial charge in [-0.15, -0.1) is 0 Å². The third kappa shape index (κ3) is 3.32. The Balaban J connectivity index is 0.00000196. The van der Waals surface area contributed by atoms with Crippen molar-refractivity contribution in [1.82, 2.24) is 0 Å². The Morgan fingerprint density at radius 3 is 2.40 bits per heavy atom. The minimum absolute atomic E-state index is 0. The second-order valence-electron chi connectivity index (χ2n) is 2.56. The monoisotopic (exact) mass is 241 g/mol. The van der Waals surface area contributed by atoms with Crippen LogP contribution in [-0.2, 0) is 11.1 Å². The van der Waals surface area contributed by atoms with Crippen molar-refractivity contribution >= 4 is 16.8 Å². The fourth-order valence-electron chi connectivity index (χ4n) is 0.967. The summed E-state index contributed by atoms with van der Waals surface area (Å²) in [5, 5.41) is 10.4. The van der Waals surface area contributed by atoms with Gasteiger partial charge >= 0.3 is 29.6 Å². The number of halogens is 1. The Morgan fingerprint density at radius 1 is 1.47 bits per heavy atom. The standard InChI is InChI=1S/C7H6FNO4S.Na/c1-4-2-5(8)7(14(12)13)3-6(4)9(10)11;/h2-3H,1H3,(H,12,13);/q;+1/p-1. The van der Waals surface area contributed by atoms with Gasteiger partial charge in [0, 0.05) is 11.6 Å². The number of aryl methyl sites for hydroxylation is 1. The SMILES string of the molecule is Cc1cc(F)c(S(=O)[O-])cc1[N+](=O)[O-].[Na+]. The van der Waals surface area contributed by atoms with Gasteiger partial charge in [-0.2, -0.15) is 0 Å². The zero-order valence-electron chi connectivity index (χ0n) is 8.02. The minimum atomic E-state index is -2.81. The van der Waals surface area contributed by atoms with Gasteiger partial charge in [0.15, 0.2) is 0 Å².